The van der Waals surface area contributed by atoms with E-state index in [1.807, 2.05) is 55.5 Å². The molecule has 0 unspecified atom stereocenters. The van der Waals surface area contributed by atoms with E-state index in [0.29, 0.717) is 6.54 Å². The van der Waals surface area contributed by atoms with Gasteiger partial charge >= 0.3 is 0 Å². The molecule has 2 aromatic rings. The van der Waals surface area contributed by atoms with Gasteiger partial charge in [0.05, 0.1) is 13.5 Å². The molecule has 166 valence electrons. The summed E-state index contributed by atoms with van der Waals surface area (Å²) in [4.78, 5) is 28.0. The molecule has 0 bridgehead atoms. The SMILES string of the molecule is COc1ccc(CC(=O)N(Cc2cccc(Br)c2)[C@@H](C)C(=O)NC2CCCCC2)cc1. The Balaban J connectivity index is 1.75. The van der Waals surface area contributed by atoms with Gasteiger partial charge in [0, 0.05) is 17.1 Å². The number of rotatable bonds is 8. The first-order valence-electron chi connectivity index (χ1n) is 10.9. The molecule has 3 rings (SSSR count). The van der Waals surface area contributed by atoms with Crippen LogP contribution < -0.4 is 10.1 Å². The summed E-state index contributed by atoms with van der Waals surface area (Å²) in [6, 6.07) is 15.0. The topological polar surface area (TPSA) is 58.6 Å². The largest absolute Gasteiger partial charge is 0.497 e. The number of carbonyl (C=O) groups excluding carboxylic acids is 2. The predicted molar refractivity (Wildman–Crippen MR) is 126 cm³/mol. The minimum absolute atomic E-state index is 0.0727. The Bertz CT molecular complexity index is 879. The predicted octanol–water partition coefficient (Wildman–Crippen LogP) is 4.87. The lowest BCUT2D eigenvalue weighted by Crippen LogP contribution is -2.50. The fraction of sp³-hybridized carbons (Fsp3) is 0.440. The molecule has 1 saturated carbocycles. The average molecular weight is 487 g/mol. The molecule has 0 saturated heterocycles. The van der Waals surface area contributed by atoms with Crippen LogP contribution in [0.4, 0.5) is 0 Å². The maximum atomic E-state index is 13.3. The van der Waals surface area contributed by atoms with E-state index in [2.05, 4.69) is 21.2 Å². The van der Waals surface area contributed by atoms with E-state index >= 15 is 0 Å². The quantitative estimate of drug-likeness (QED) is 0.578. The zero-order valence-corrected chi connectivity index (χ0v) is 19.9. The minimum Gasteiger partial charge on any atom is -0.497 e. The molecular formula is C25H31BrN2O3. The van der Waals surface area contributed by atoms with Crippen molar-refractivity contribution in [2.75, 3.05) is 7.11 Å². The third-order valence-corrected chi connectivity index (χ3v) is 6.37. The molecule has 1 aliphatic carbocycles. The highest BCUT2D eigenvalue weighted by Gasteiger charge is 2.28. The molecule has 1 atom stereocenters. The lowest BCUT2D eigenvalue weighted by molar-refractivity contribution is -0.140. The Morgan fingerprint density at radius 3 is 2.45 bits per heavy atom. The molecule has 2 aromatic carbocycles. The summed E-state index contributed by atoms with van der Waals surface area (Å²) >= 11 is 3.49. The highest BCUT2D eigenvalue weighted by Crippen LogP contribution is 2.20. The van der Waals surface area contributed by atoms with E-state index in [0.717, 1.165) is 47.0 Å². The number of hydrogen-bond donors (Lipinski definition) is 1. The first-order valence-corrected chi connectivity index (χ1v) is 11.7. The molecule has 6 heteroatoms. The average Bonchev–Trinajstić information content (AvgIpc) is 2.78. The highest BCUT2D eigenvalue weighted by atomic mass is 79.9. The molecule has 0 aromatic heterocycles. The maximum absolute atomic E-state index is 13.3. The third kappa shape index (κ3) is 6.82. The van der Waals surface area contributed by atoms with Gasteiger partial charge in [-0.05, 0) is 55.2 Å². The van der Waals surface area contributed by atoms with Gasteiger partial charge in [0.2, 0.25) is 11.8 Å². The van der Waals surface area contributed by atoms with Gasteiger partial charge in [-0.25, -0.2) is 0 Å². The van der Waals surface area contributed by atoms with E-state index in [4.69, 9.17) is 4.74 Å². The van der Waals surface area contributed by atoms with Gasteiger partial charge in [0.1, 0.15) is 11.8 Å². The molecule has 1 fully saturated rings. The molecule has 1 aliphatic rings. The zero-order valence-electron chi connectivity index (χ0n) is 18.3. The summed E-state index contributed by atoms with van der Waals surface area (Å²) in [6.07, 6.45) is 5.80. The van der Waals surface area contributed by atoms with Gasteiger partial charge in [-0.2, -0.15) is 0 Å². The van der Waals surface area contributed by atoms with Crippen LogP contribution in [-0.4, -0.2) is 35.9 Å². The van der Waals surface area contributed by atoms with Crippen LogP contribution in [0.5, 0.6) is 5.75 Å². The molecule has 0 aliphatic heterocycles. The molecule has 0 radical (unpaired) electrons. The van der Waals surface area contributed by atoms with E-state index < -0.39 is 6.04 Å². The number of methoxy groups -OCH3 is 1. The summed E-state index contributed by atoms with van der Waals surface area (Å²) < 4.78 is 6.15. The maximum Gasteiger partial charge on any atom is 0.242 e. The zero-order chi connectivity index (χ0) is 22.2. The Kier molecular flexibility index (Phi) is 8.52. The first kappa shape index (κ1) is 23.3. The molecule has 0 spiro atoms. The van der Waals surface area contributed by atoms with Crippen LogP contribution >= 0.6 is 15.9 Å². The Morgan fingerprint density at radius 2 is 1.81 bits per heavy atom. The van der Waals surface area contributed by atoms with Crippen molar-refractivity contribution >= 4 is 27.7 Å². The Hall–Kier alpha value is -2.34. The molecule has 0 heterocycles. The normalized spacial score (nSPS) is 15.2. The van der Waals surface area contributed by atoms with Crippen molar-refractivity contribution in [3.05, 3.63) is 64.1 Å². The van der Waals surface area contributed by atoms with Crippen LogP contribution in [0.3, 0.4) is 0 Å². The summed E-state index contributed by atoms with van der Waals surface area (Å²) in [6.45, 7) is 2.20. The second kappa shape index (κ2) is 11.3. The number of nitrogens with zero attached hydrogens (tertiary/aromatic N) is 1. The van der Waals surface area contributed by atoms with Gasteiger partial charge in [0.25, 0.3) is 0 Å². The number of nitrogens with one attached hydrogen (secondary N) is 1. The van der Waals surface area contributed by atoms with E-state index in [1.165, 1.54) is 6.42 Å². The Labute approximate surface area is 193 Å². The molecule has 1 N–H and O–H groups in total. The van der Waals surface area contributed by atoms with Crippen LogP contribution in [0, 0.1) is 0 Å². The van der Waals surface area contributed by atoms with Crippen LogP contribution in [0.2, 0.25) is 0 Å². The van der Waals surface area contributed by atoms with Gasteiger partial charge in [-0.1, -0.05) is 59.5 Å². The van der Waals surface area contributed by atoms with Gasteiger partial charge in [-0.3, -0.25) is 9.59 Å². The summed E-state index contributed by atoms with van der Waals surface area (Å²) in [5.74, 6) is 0.601. The summed E-state index contributed by atoms with van der Waals surface area (Å²) in [7, 11) is 1.62. The van der Waals surface area contributed by atoms with Crippen molar-refractivity contribution in [3.63, 3.8) is 0 Å². The van der Waals surface area contributed by atoms with Crippen LogP contribution in [0.25, 0.3) is 0 Å². The number of amides is 2. The molecular weight excluding hydrogens is 456 g/mol. The van der Waals surface area contributed by atoms with Crippen LogP contribution in [-0.2, 0) is 22.6 Å². The number of halogens is 1. The van der Waals surface area contributed by atoms with E-state index in [1.54, 1.807) is 12.0 Å². The van der Waals surface area contributed by atoms with Crippen molar-refractivity contribution in [3.8, 4) is 5.75 Å². The summed E-state index contributed by atoms with van der Waals surface area (Å²) in [5.41, 5.74) is 1.87. The number of benzene rings is 2. The van der Waals surface area contributed by atoms with E-state index in [-0.39, 0.29) is 24.3 Å². The lowest BCUT2D eigenvalue weighted by Gasteiger charge is -2.31. The fourth-order valence-electron chi connectivity index (χ4n) is 4.00. The van der Waals surface area contributed by atoms with Gasteiger partial charge in [0.15, 0.2) is 0 Å². The van der Waals surface area contributed by atoms with Crippen molar-refractivity contribution in [2.45, 2.75) is 64.1 Å². The van der Waals surface area contributed by atoms with Crippen molar-refractivity contribution in [2.24, 2.45) is 0 Å². The second-order valence-electron chi connectivity index (χ2n) is 8.20. The van der Waals surface area contributed by atoms with Crippen molar-refractivity contribution in [1.29, 1.82) is 0 Å². The number of hydrogen-bond acceptors (Lipinski definition) is 3. The Morgan fingerprint density at radius 1 is 1.10 bits per heavy atom. The first-order chi connectivity index (χ1) is 15.0. The van der Waals surface area contributed by atoms with Gasteiger partial charge < -0.3 is 15.0 Å². The smallest absolute Gasteiger partial charge is 0.242 e. The molecule has 2 amide bonds. The molecule has 5 nitrogen and oxygen atoms in total. The van der Waals surface area contributed by atoms with E-state index in [9.17, 15) is 9.59 Å². The lowest BCUT2D eigenvalue weighted by atomic mass is 9.95. The van der Waals surface area contributed by atoms with Gasteiger partial charge in [-0.15, -0.1) is 0 Å². The monoisotopic (exact) mass is 486 g/mol. The molecule has 31 heavy (non-hydrogen) atoms. The number of carbonyl (C=O) groups is 2. The number of ether oxygens (including phenoxy) is 1. The summed E-state index contributed by atoms with van der Waals surface area (Å²) in [5, 5.41) is 3.17. The highest BCUT2D eigenvalue weighted by molar-refractivity contribution is 9.10. The second-order valence-corrected chi connectivity index (χ2v) is 9.11. The fourth-order valence-corrected chi connectivity index (χ4v) is 4.45. The van der Waals surface area contributed by atoms with Crippen molar-refractivity contribution < 1.29 is 14.3 Å². The third-order valence-electron chi connectivity index (χ3n) is 5.88. The van der Waals surface area contributed by atoms with Crippen LogP contribution in [0.1, 0.15) is 50.2 Å². The standard InChI is InChI=1S/C25H31BrN2O3/c1-18(25(30)27-22-9-4-3-5-10-22)28(17-20-7-6-8-21(26)15-20)24(29)16-19-11-13-23(31-2)14-12-19/h6-8,11-15,18,22H,3-5,9-10,16-17H2,1-2H3,(H,27,30)/t18-/m0/s1. The van der Waals surface area contributed by atoms with Crippen LogP contribution in [0.15, 0.2) is 53.0 Å². The minimum atomic E-state index is -0.549. The van der Waals surface area contributed by atoms with Crippen molar-refractivity contribution in [1.82, 2.24) is 10.2 Å².